The van der Waals surface area contributed by atoms with Crippen molar-refractivity contribution in [1.29, 1.82) is 0 Å². The minimum Gasteiger partial charge on any atom is -0.507 e. The monoisotopic (exact) mass is 438 g/mol. The van der Waals surface area contributed by atoms with Crippen LogP contribution in [0.2, 0.25) is 0 Å². The molecule has 0 aliphatic rings. The Morgan fingerprint density at radius 2 is 1.55 bits per heavy atom. The Hall–Kier alpha value is -3.19. The van der Waals surface area contributed by atoms with Crippen LogP contribution in [0.15, 0.2) is 52.3 Å². The molecule has 0 aliphatic carbocycles. The first-order chi connectivity index (χ1) is 13.3. The summed E-state index contributed by atoms with van der Waals surface area (Å²) in [7, 11) is -9.70. The minimum atomic E-state index is -4.93. The van der Waals surface area contributed by atoms with Gasteiger partial charge in [0.2, 0.25) is 0 Å². The summed E-state index contributed by atoms with van der Waals surface area (Å²) in [6, 6.07) is 7.91. The second-order valence-corrected chi connectivity index (χ2v) is 8.92. The summed E-state index contributed by atoms with van der Waals surface area (Å²) >= 11 is 0. The summed E-state index contributed by atoms with van der Waals surface area (Å²) in [4.78, 5) is 11.4. The van der Waals surface area contributed by atoms with Crippen LogP contribution in [0.3, 0.4) is 0 Å². The highest BCUT2D eigenvalue weighted by molar-refractivity contribution is 7.86. The third kappa shape index (κ3) is 3.73. The number of phenolic OH excluding ortho intramolecular Hbond substituents is 1. The first-order valence-corrected chi connectivity index (χ1v) is 10.6. The predicted octanol–water partition coefficient (Wildman–Crippen LogP) is 1.43. The lowest BCUT2D eigenvalue weighted by atomic mass is 9.94. The number of fused-ring (bicyclic) bond motifs is 1. The third-order valence-corrected chi connectivity index (χ3v) is 5.87. The fraction of sp³-hybridized carbons (Fsp3) is 0. The highest BCUT2D eigenvalue weighted by Crippen LogP contribution is 2.39. The number of carbonyl (C=O) groups excluding carboxylic acids is 1. The topological polar surface area (TPSA) is 198 Å². The van der Waals surface area contributed by atoms with Crippen molar-refractivity contribution in [2.75, 3.05) is 11.5 Å². The van der Waals surface area contributed by atoms with Crippen molar-refractivity contribution < 1.29 is 35.8 Å². The molecule has 10 nitrogen and oxygen atoms in total. The fourth-order valence-corrected chi connectivity index (χ4v) is 4.10. The average molecular weight is 438 g/mol. The van der Waals surface area contributed by atoms with Crippen LogP contribution in [-0.4, -0.2) is 36.8 Å². The molecule has 0 aromatic heterocycles. The van der Waals surface area contributed by atoms with Gasteiger partial charge < -0.3 is 16.6 Å². The summed E-state index contributed by atoms with van der Waals surface area (Å²) in [6.45, 7) is 0. The molecule has 0 aliphatic heterocycles. The smallest absolute Gasteiger partial charge is 0.296 e. The first-order valence-electron chi connectivity index (χ1n) is 7.75. The van der Waals surface area contributed by atoms with Gasteiger partial charge >= 0.3 is 0 Å². The maximum absolute atomic E-state index is 13.1. The summed E-state index contributed by atoms with van der Waals surface area (Å²) < 4.78 is 65.1. The Morgan fingerprint density at radius 3 is 2.10 bits per heavy atom. The molecule has 29 heavy (non-hydrogen) atoms. The molecular formula is C17H14N2O8S2. The van der Waals surface area contributed by atoms with Crippen molar-refractivity contribution in [3.8, 4) is 5.75 Å². The number of anilines is 2. The van der Waals surface area contributed by atoms with Gasteiger partial charge in [-0.15, -0.1) is 0 Å². The Morgan fingerprint density at radius 1 is 0.897 bits per heavy atom. The van der Waals surface area contributed by atoms with E-state index in [0.29, 0.717) is 6.07 Å². The van der Waals surface area contributed by atoms with E-state index in [-0.39, 0.29) is 22.0 Å². The second-order valence-electron chi connectivity index (χ2n) is 6.11. The van der Waals surface area contributed by atoms with Gasteiger partial charge in [-0.05, 0) is 29.7 Å². The van der Waals surface area contributed by atoms with E-state index < -0.39 is 52.8 Å². The second kappa shape index (κ2) is 6.70. The molecule has 0 bridgehead atoms. The largest absolute Gasteiger partial charge is 0.507 e. The zero-order valence-corrected chi connectivity index (χ0v) is 16.0. The molecule has 3 rings (SSSR count). The maximum atomic E-state index is 13.1. The number of hydrogen-bond acceptors (Lipinski definition) is 8. The van der Waals surface area contributed by atoms with E-state index in [4.69, 9.17) is 11.5 Å². The Kier molecular flexibility index (Phi) is 4.75. The maximum Gasteiger partial charge on any atom is 0.296 e. The van der Waals surface area contributed by atoms with E-state index in [1.165, 1.54) is 24.3 Å². The van der Waals surface area contributed by atoms with Gasteiger partial charge in [0.15, 0.2) is 5.78 Å². The highest BCUT2D eigenvalue weighted by atomic mass is 32.2. The number of benzene rings is 3. The Balaban J connectivity index is 2.50. The van der Waals surface area contributed by atoms with E-state index in [9.17, 15) is 35.8 Å². The van der Waals surface area contributed by atoms with Crippen LogP contribution in [0.1, 0.15) is 15.9 Å². The van der Waals surface area contributed by atoms with E-state index in [1.807, 2.05) is 0 Å². The van der Waals surface area contributed by atoms with Gasteiger partial charge in [0, 0.05) is 22.7 Å². The number of ketones is 1. The number of nitrogen functional groups attached to an aromatic ring is 2. The van der Waals surface area contributed by atoms with E-state index in [1.54, 1.807) is 0 Å². The lowest BCUT2D eigenvalue weighted by molar-refractivity contribution is 0.104. The molecule has 152 valence electrons. The van der Waals surface area contributed by atoms with Crippen LogP contribution in [0.4, 0.5) is 11.4 Å². The van der Waals surface area contributed by atoms with E-state index >= 15 is 0 Å². The van der Waals surface area contributed by atoms with Crippen molar-refractivity contribution in [3.63, 3.8) is 0 Å². The van der Waals surface area contributed by atoms with Gasteiger partial charge in [-0.1, -0.05) is 12.1 Å². The molecule has 12 heteroatoms. The van der Waals surface area contributed by atoms with Crippen molar-refractivity contribution >= 4 is 48.2 Å². The molecular weight excluding hydrogens is 424 g/mol. The number of carbonyl (C=O) groups is 1. The molecule has 0 heterocycles. The van der Waals surface area contributed by atoms with Gasteiger partial charge in [-0.25, -0.2) is 0 Å². The minimum absolute atomic E-state index is 0.00347. The van der Waals surface area contributed by atoms with Crippen molar-refractivity contribution in [1.82, 2.24) is 0 Å². The van der Waals surface area contributed by atoms with Gasteiger partial charge in [0.1, 0.15) is 10.6 Å². The fourth-order valence-electron chi connectivity index (χ4n) is 2.91. The molecule has 0 saturated carbocycles. The number of nitrogens with two attached hydrogens (primary N) is 2. The van der Waals surface area contributed by atoms with E-state index in [2.05, 4.69) is 0 Å². The van der Waals surface area contributed by atoms with Crippen molar-refractivity contribution in [2.45, 2.75) is 9.79 Å². The molecule has 0 radical (unpaired) electrons. The average Bonchev–Trinajstić information content (AvgIpc) is 2.59. The Labute approximate surface area is 164 Å². The molecule has 7 N–H and O–H groups in total. The van der Waals surface area contributed by atoms with Gasteiger partial charge in [0.05, 0.1) is 16.1 Å². The van der Waals surface area contributed by atoms with Crippen molar-refractivity contribution in [2.24, 2.45) is 0 Å². The zero-order valence-electron chi connectivity index (χ0n) is 14.4. The molecule has 3 aromatic rings. The Bertz CT molecular complexity index is 1400. The van der Waals surface area contributed by atoms with Crippen LogP contribution < -0.4 is 11.5 Å². The molecule has 0 amide bonds. The third-order valence-electron chi connectivity index (χ3n) is 4.14. The summed E-state index contributed by atoms with van der Waals surface area (Å²) in [5.74, 6) is -1.59. The van der Waals surface area contributed by atoms with Crippen molar-refractivity contribution in [3.05, 3.63) is 53.6 Å². The molecule has 0 spiro atoms. The first kappa shape index (κ1) is 20.5. The van der Waals surface area contributed by atoms with Crippen LogP contribution >= 0.6 is 0 Å². The van der Waals surface area contributed by atoms with E-state index in [0.717, 1.165) is 12.1 Å². The summed E-state index contributed by atoms with van der Waals surface area (Å²) in [5, 5.41) is 9.80. The molecule has 0 fully saturated rings. The van der Waals surface area contributed by atoms with Crippen LogP contribution in [0.25, 0.3) is 10.8 Å². The number of aromatic hydroxyl groups is 1. The number of rotatable bonds is 4. The number of hydrogen-bond donors (Lipinski definition) is 5. The normalized spacial score (nSPS) is 12.2. The van der Waals surface area contributed by atoms with Gasteiger partial charge in [-0.2, -0.15) is 16.8 Å². The van der Waals surface area contributed by atoms with Crippen LogP contribution in [0.5, 0.6) is 5.75 Å². The summed E-state index contributed by atoms with van der Waals surface area (Å²) in [6.07, 6.45) is 0. The molecule has 0 saturated heterocycles. The molecule has 3 aromatic carbocycles. The van der Waals surface area contributed by atoms with Crippen LogP contribution in [-0.2, 0) is 20.2 Å². The molecule has 0 atom stereocenters. The molecule has 0 unspecified atom stereocenters. The SMILES string of the molecule is Nc1cccc(C(=O)c2c(N)c(S(=O)(=O)O)cc3cc(S(=O)(=O)O)cc(O)c23)c1. The lowest BCUT2D eigenvalue weighted by Crippen LogP contribution is -2.12. The summed E-state index contributed by atoms with van der Waals surface area (Å²) in [5.41, 5.74) is 10.6. The van der Waals surface area contributed by atoms with Crippen LogP contribution in [0, 0.1) is 0 Å². The quantitative estimate of drug-likeness (QED) is 0.225. The standard InChI is InChI=1S/C17H14N2O8S2/c18-10-3-1-2-8(4-10)17(21)15-14-9(6-13(16(15)19)29(25,26)27)5-11(7-12(14)20)28(22,23)24/h1-7,20H,18-19H2,(H,22,23,24)(H,25,26,27). The van der Waals surface area contributed by atoms with Gasteiger partial charge in [-0.3, -0.25) is 13.9 Å². The predicted molar refractivity (Wildman–Crippen MR) is 104 cm³/mol. The highest BCUT2D eigenvalue weighted by Gasteiger charge is 2.27. The number of phenols is 1. The van der Waals surface area contributed by atoms with Gasteiger partial charge in [0.25, 0.3) is 20.2 Å². The zero-order chi connectivity index (χ0) is 21.7. The lowest BCUT2D eigenvalue weighted by Gasteiger charge is -2.15.